The van der Waals surface area contributed by atoms with E-state index in [0.717, 1.165) is 6.42 Å². The molecule has 0 N–H and O–H groups in total. The highest BCUT2D eigenvalue weighted by atomic mass is 35.5. The Labute approximate surface area is 153 Å². The van der Waals surface area contributed by atoms with Crippen molar-refractivity contribution in [2.24, 2.45) is 0 Å². The number of fused-ring (bicyclic) bond motifs is 1. The molecule has 1 atom stereocenters. The number of benzene rings is 1. The summed E-state index contributed by atoms with van der Waals surface area (Å²) in [5.41, 5.74) is 0.160. The number of aromatic nitrogens is 3. The molecule has 138 valence electrons. The van der Waals surface area contributed by atoms with Gasteiger partial charge >= 0.3 is 5.69 Å². The topological polar surface area (TPSA) is 60.1 Å². The molecule has 0 unspecified atom stereocenters. The Bertz CT molecular complexity index is 920. The Kier molecular flexibility index (Phi) is 4.30. The third-order valence-electron chi connectivity index (χ3n) is 4.90. The van der Waals surface area contributed by atoms with Crippen LogP contribution in [0.25, 0.3) is 0 Å². The second kappa shape index (κ2) is 6.50. The molecular weight excluding hydrogens is 366 g/mol. The Morgan fingerprint density at radius 3 is 2.81 bits per heavy atom. The van der Waals surface area contributed by atoms with Gasteiger partial charge in [-0.2, -0.15) is 5.10 Å². The molecule has 1 aromatic carbocycles. The van der Waals surface area contributed by atoms with Crippen LogP contribution >= 0.6 is 11.6 Å². The van der Waals surface area contributed by atoms with Crippen molar-refractivity contribution in [2.45, 2.75) is 38.0 Å². The monoisotopic (exact) mass is 382 g/mol. The van der Waals surface area contributed by atoms with E-state index in [4.69, 9.17) is 11.6 Å². The standard InChI is InChI=1S/C17H17ClF2N4O2/c18-13-6-11(19)5-4-10(13)7-23-17(26)24-14(2-1-3-15(24)21-23)16(25)22-8-12(20)9-22/h4-6,12,14H,1-3,7-9H2/t14-/m0/s1. The van der Waals surface area contributed by atoms with Gasteiger partial charge in [0, 0.05) is 11.4 Å². The maximum absolute atomic E-state index is 13.2. The molecule has 1 fully saturated rings. The van der Waals surface area contributed by atoms with Crippen LogP contribution in [0.4, 0.5) is 8.78 Å². The largest absolute Gasteiger partial charge is 0.346 e. The van der Waals surface area contributed by atoms with E-state index in [1.54, 1.807) is 0 Å². The summed E-state index contributed by atoms with van der Waals surface area (Å²) in [5.74, 6) is -0.155. The second-order valence-electron chi connectivity index (χ2n) is 6.71. The predicted molar refractivity (Wildman–Crippen MR) is 90.5 cm³/mol. The molecule has 1 amide bonds. The summed E-state index contributed by atoms with van der Waals surface area (Å²) >= 11 is 6.03. The van der Waals surface area contributed by atoms with Crippen LogP contribution in [0, 0.1) is 5.82 Å². The fourth-order valence-electron chi connectivity index (χ4n) is 3.49. The van der Waals surface area contributed by atoms with Crippen LogP contribution in [0.3, 0.4) is 0 Å². The highest BCUT2D eigenvalue weighted by molar-refractivity contribution is 6.31. The zero-order chi connectivity index (χ0) is 18.4. The minimum atomic E-state index is -0.984. The lowest BCUT2D eigenvalue weighted by Crippen LogP contribution is -2.54. The Balaban J connectivity index is 1.64. The van der Waals surface area contributed by atoms with Gasteiger partial charge in [0.15, 0.2) is 0 Å². The maximum atomic E-state index is 13.2. The molecule has 2 aliphatic heterocycles. The SMILES string of the molecule is O=C([C@@H]1CCCc2nn(Cc3ccc(F)cc3Cl)c(=O)n21)N1CC(F)C1. The second-order valence-corrected chi connectivity index (χ2v) is 7.12. The predicted octanol–water partition coefficient (Wildman–Crippen LogP) is 1.94. The van der Waals surface area contributed by atoms with Gasteiger partial charge in [-0.3, -0.25) is 9.36 Å². The number of aryl methyl sites for hydroxylation is 1. The lowest BCUT2D eigenvalue weighted by molar-refractivity contribution is -0.142. The molecule has 6 nitrogen and oxygen atoms in total. The molecule has 9 heteroatoms. The number of halogens is 3. The van der Waals surface area contributed by atoms with E-state index in [-0.39, 0.29) is 30.6 Å². The van der Waals surface area contributed by atoms with Crippen molar-refractivity contribution in [3.8, 4) is 0 Å². The van der Waals surface area contributed by atoms with Crippen LogP contribution in [0.5, 0.6) is 0 Å². The highest BCUT2D eigenvalue weighted by Crippen LogP contribution is 2.27. The van der Waals surface area contributed by atoms with Gasteiger partial charge < -0.3 is 4.90 Å². The molecule has 1 aromatic heterocycles. The van der Waals surface area contributed by atoms with Gasteiger partial charge in [-0.1, -0.05) is 17.7 Å². The normalized spacial score (nSPS) is 20.0. The number of carbonyl (C=O) groups is 1. The minimum Gasteiger partial charge on any atom is -0.335 e. The summed E-state index contributed by atoms with van der Waals surface area (Å²) in [4.78, 5) is 26.8. The maximum Gasteiger partial charge on any atom is 0.346 e. The molecule has 0 saturated carbocycles. The van der Waals surface area contributed by atoms with Crippen molar-refractivity contribution in [2.75, 3.05) is 13.1 Å². The molecule has 26 heavy (non-hydrogen) atoms. The summed E-state index contributed by atoms with van der Waals surface area (Å²) in [6.07, 6.45) is 0.871. The number of rotatable bonds is 3. The molecule has 2 aliphatic rings. The summed E-state index contributed by atoms with van der Waals surface area (Å²) in [6, 6.07) is 3.32. The number of likely N-dealkylation sites (tertiary alicyclic amines) is 1. The quantitative estimate of drug-likeness (QED) is 0.815. The van der Waals surface area contributed by atoms with Crippen molar-refractivity contribution in [3.05, 3.63) is 50.9 Å². The lowest BCUT2D eigenvalue weighted by atomic mass is 10.0. The van der Waals surface area contributed by atoms with Gasteiger partial charge in [0.2, 0.25) is 5.91 Å². The molecule has 3 heterocycles. The molecule has 2 aromatic rings. The summed E-state index contributed by atoms with van der Waals surface area (Å²) < 4.78 is 28.9. The lowest BCUT2D eigenvalue weighted by Gasteiger charge is -2.37. The van der Waals surface area contributed by atoms with Crippen molar-refractivity contribution in [3.63, 3.8) is 0 Å². The smallest absolute Gasteiger partial charge is 0.335 e. The minimum absolute atomic E-state index is 0.0821. The molecular formula is C17H17ClF2N4O2. The third-order valence-corrected chi connectivity index (χ3v) is 5.25. The van der Waals surface area contributed by atoms with Crippen LogP contribution in [0.2, 0.25) is 5.02 Å². The molecule has 0 bridgehead atoms. The Morgan fingerprint density at radius 2 is 2.12 bits per heavy atom. The van der Waals surface area contributed by atoms with Gasteiger partial charge in [0.05, 0.1) is 19.6 Å². The molecule has 1 saturated heterocycles. The van der Waals surface area contributed by atoms with E-state index >= 15 is 0 Å². The fourth-order valence-corrected chi connectivity index (χ4v) is 3.72. The number of hydrogen-bond acceptors (Lipinski definition) is 3. The van der Waals surface area contributed by atoms with Gasteiger partial charge in [-0.25, -0.2) is 18.3 Å². The van der Waals surface area contributed by atoms with Gasteiger partial charge in [0.1, 0.15) is 23.9 Å². The zero-order valence-corrected chi connectivity index (χ0v) is 14.6. The Hall–Kier alpha value is -2.22. The van der Waals surface area contributed by atoms with E-state index in [0.29, 0.717) is 24.2 Å². The Morgan fingerprint density at radius 1 is 1.35 bits per heavy atom. The molecule has 4 rings (SSSR count). The van der Waals surface area contributed by atoms with Gasteiger partial charge in [-0.15, -0.1) is 0 Å². The first-order valence-electron chi connectivity index (χ1n) is 8.49. The number of amides is 1. The molecule has 0 aliphatic carbocycles. The number of alkyl halides is 1. The van der Waals surface area contributed by atoms with Crippen molar-refractivity contribution in [1.29, 1.82) is 0 Å². The van der Waals surface area contributed by atoms with Crippen molar-refractivity contribution < 1.29 is 13.6 Å². The first-order chi connectivity index (χ1) is 12.4. The van der Waals surface area contributed by atoms with E-state index in [9.17, 15) is 18.4 Å². The summed E-state index contributed by atoms with van der Waals surface area (Å²) in [5, 5.41) is 4.54. The average Bonchev–Trinajstić information content (AvgIpc) is 2.90. The molecule has 0 spiro atoms. The first kappa shape index (κ1) is 17.2. The van der Waals surface area contributed by atoms with E-state index < -0.39 is 23.7 Å². The third kappa shape index (κ3) is 2.92. The zero-order valence-electron chi connectivity index (χ0n) is 13.9. The number of hydrogen-bond donors (Lipinski definition) is 0. The highest BCUT2D eigenvalue weighted by Gasteiger charge is 2.38. The van der Waals surface area contributed by atoms with Crippen LogP contribution < -0.4 is 5.69 Å². The van der Waals surface area contributed by atoms with Crippen molar-refractivity contribution in [1.82, 2.24) is 19.2 Å². The van der Waals surface area contributed by atoms with Crippen LogP contribution in [-0.2, 0) is 17.8 Å². The first-order valence-corrected chi connectivity index (χ1v) is 8.87. The van der Waals surface area contributed by atoms with E-state index in [2.05, 4.69) is 5.10 Å². The average molecular weight is 383 g/mol. The van der Waals surface area contributed by atoms with Crippen LogP contribution in [0.1, 0.15) is 30.3 Å². The van der Waals surface area contributed by atoms with Crippen LogP contribution in [0.15, 0.2) is 23.0 Å². The number of nitrogens with zero attached hydrogens (tertiary/aromatic N) is 4. The van der Waals surface area contributed by atoms with Crippen molar-refractivity contribution >= 4 is 17.5 Å². The van der Waals surface area contributed by atoms with E-state index in [1.807, 2.05) is 0 Å². The number of carbonyl (C=O) groups excluding carboxylic acids is 1. The van der Waals surface area contributed by atoms with Gasteiger partial charge in [-0.05, 0) is 30.5 Å². The molecule has 0 radical (unpaired) electrons. The summed E-state index contributed by atoms with van der Waals surface area (Å²) in [6.45, 7) is 0.257. The van der Waals surface area contributed by atoms with E-state index in [1.165, 1.54) is 32.3 Å². The van der Waals surface area contributed by atoms with Gasteiger partial charge in [0.25, 0.3) is 0 Å². The van der Waals surface area contributed by atoms with Crippen LogP contribution in [-0.4, -0.2) is 44.4 Å². The fraction of sp³-hybridized carbons (Fsp3) is 0.471. The summed E-state index contributed by atoms with van der Waals surface area (Å²) in [7, 11) is 0.